The zero-order valence-electron chi connectivity index (χ0n) is 13.6. The van der Waals surface area contributed by atoms with Gasteiger partial charge >= 0.3 is 6.03 Å². The van der Waals surface area contributed by atoms with Gasteiger partial charge in [-0.25, -0.2) is 4.79 Å². The summed E-state index contributed by atoms with van der Waals surface area (Å²) in [6.45, 7) is 5.86. The van der Waals surface area contributed by atoms with Crippen molar-refractivity contribution in [2.75, 3.05) is 11.9 Å². The fraction of sp³-hybridized carbons (Fsp3) is 0.588. The molecule has 5 nitrogen and oxygen atoms in total. The standard InChI is InChI=1S/C17H26N2O3/c1-16(2,3)22-14-9-5-4-8-13(14)18-15(21)19-17(12-20)10-6-7-11-17/h4-5,8-9,20H,6-7,10-12H2,1-3H3,(H2,18,19,21). The minimum atomic E-state index is -0.482. The van der Waals surface area contributed by atoms with E-state index in [0.29, 0.717) is 11.4 Å². The van der Waals surface area contributed by atoms with Gasteiger partial charge in [-0.15, -0.1) is 0 Å². The first-order chi connectivity index (χ1) is 10.3. The highest BCUT2D eigenvalue weighted by molar-refractivity contribution is 5.91. The molecule has 0 bridgehead atoms. The van der Waals surface area contributed by atoms with Crippen LogP contribution in [0.15, 0.2) is 24.3 Å². The zero-order chi connectivity index (χ0) is 16.2. The Morgan fingerprint density at radius 3 is 2.50 bits per heavy atom. The summed E-state index contributed by atoms with van der Waals surface area (Å²) in [5.74, 6) is 0.634. The number of hydrogen-bond donors (Lipinski definition) is 3. The van der Waals surface area contributed by atoms with Crippen LogP contribution in [0, 0.1) is 0 Å². The van der Waals surface area contributed by atoms with Crippen molar-refractivity contribution in [1.82, 2.24) is 5.32 Å². The van der Waals surface area contributed by atoms with Crippen LogP contribution in [0.5, 0.6) is 5.75 Å². The number of carbonyl (C=O) groups excluding carboxylic acids is 1. The molecule has 2 amide bonds. The maximum Gasteiger partial charge on any atom is 0.319 e. The van der Waals surface area contributed by atoms with Gasteiger partial charge < -0.3 is 20.5 Å². The molecule has 1 aliphatic carbocycles. The number of aliphatic hydroxyl groups is 1. The van der Waals surface area contributed by atoms with E-state index in [0.717, 1.165) is 25.7 Å². The first-order valence-electron chi connectivity index (χ1n) is 7.82. The molecule has 0 spiro atoms. The second kappa shape index (κ2) is 6.57. The van der Waals surface area contributed by atoms with Crippen molar-refractivity contribution in [3.8, 4) is 5.75 Å². The number of hydrogen-bond acceptors (Lipinski definition) is 3. The second-order valence-electron chi connectivity index (χ2n) is 6.94. The Hall–Kier alpha value is -1.75. The van der Waals surface area contributed by atoms with E-state index in [9.17, 15) is 9.90 Å². The number of aliphatic hydroxyl groups excluding tert-OH is 1. The smallest absolute Gasteiger partial charge is 0.319 e. The fourth-order valence-electron chi connectivity index (χ4n) is 2.76. The number of benzene rings is 1. The van der Waals surface area contributed by atoms with Gasteiger partial charge in [0, 0.05) is 0 Å². The van der Waals surface area contributed by atoms with Crippen LogP contribution in [0.1, 0.15) is 46.5 Å². The van der Waals surface area contributed by atoms with Gasteiger partial charge in [0.1, 0.15) is 11.4 Å². The van der Waals surface area contributed by atoms with Crippen molar-refractivity contribution in [2.45, 2.75) is 57.6 Å². The van der Waals surface area contributed by atoms with E-state index in [-0.39, 0.29) is 18.2 Å². The van der Waals surface area contributed by atoms with Gasteiger partial charge in [0.05, 0.1) is 17.8 Å². The lowest BCUT2D eigenvalue weighted by Gasteiger charge is -2.28. The van der Waals surface area contributed by atoms with Gasteiger partial charge in [-0.1, -0.05) is 25.0 Å². The summed E-state index contributed by atoms with van der Waals surface area (Å²) in [5.41, 5.74) is -0.198. The highest BCUT2D eigenvalue weighted by Crippen LogP contribution is 2.30. The average molecular weight is 306 g/mol. The molecule has 122 valence electrons. The Morgan fingerprint density at radius 2 is 1.91 bits per heavy atom. The Bertz CT molecular complexity index is 517. The van der Waals surface area contributed by atoms with Crippen LogP contribution >= 0.6 is 0 Å². The lowest BCUT2D eigenvalue weighted by molar-refractivity contribution is 0.132. The molecule has 5 heteroatoms. The Morgan fingerprint density at radius 1 is 1.27 bits per heavy atom. The molecular formula is C17H26N2O3. The second-order valence-corrected chi connectivity index (χ2v) is 6.94. The van der Waals surface area contributed by atoms with Crippen LogP contribution in [0.25, 0.3) is 0 Å². The molecule has 1 aliphatic rings. The molecular weight excluding hydrogens is 280 g/mol. The summed E-state index contributed by atoms with van der Waals surface area (Å²) < 4.78 is 5.86. The van der Waals surface area contributed by atoms with Gasteiger partial charge in [-0.05, 0) is 45.7 Å². The summed E-state index contributed by atoms with van der Waals surface area (Å²) in [5, 5.41) is 15.3. The van der Waals surface area contributed by atoms with Gasteiger partial charge in [0.2, 0.25) is 0 Å². The molecule has 0 heterocycles. The largest absolute Gasteiger partial charge is 0.486 e. The SMILES string of the molecule is CC(C)(C)Oc1ccccc1NC(=O)NC1(CO)CCCC1. The number of urea groups is 1. The lowest BCUT2D eigenvalue weighted by atomic mass is 9.99. The van der Waals surface area contributed by atoms with Gasteiger partial charge in [-0.3, -0.25) is 0 Å². The first kappa shape index (κ1) is 16.6. The van der Waals surface area contributed by atoms with Crippen molar-refractivity contribution in [1.29, 1.82) is 0 Å². The van der Waals surface area contributed by atoms with Crippen molar-refractivity contribution in [3.63, 3.8) is 0 Å². The van der Waals surface area contributed by atoms with Gasteiger partial charge in [-0.2, -0.15) is 0 Å². The van der Waals surface area contributed by atoms with E-state index < -0.39 is 5.54 Å². The van der Waals surface area contributed by atoms with Crippen molar-refractivity contribution >= 4 is 11.7 Å². The van der Waals surface area contributed by atoms with Crippen molar-refractivity contribution in [3.05, 3.63) is 24.3 Å². The molecule has 2 rings (SSSR count). The molecule has 0 saturated heterocycles. The van der Waals surface area contributed by atoms with Crippen LogP contribution in [0.3, 0.4) is 0 Å². The molecule has 1 aromatic rings. The van der Waals surface area contributed by atoms with E-state index >= 15 is 0 Å². The third-order valence-electron chi connectivity index (χ3n) is 3.79. The van der Waals surface area contributed by atoms with E-state index in [4.69, 9.17) is 4.74 Å². The highest BCUT2D eigenvalue weighted by atomic mass is 16.5. The summed E-state index contributed by atoms with van der Waals surface area (Å²) in [6.07, 6.45) is 3.70. The summed E-state index contributed by atoms with van der Waals surface area (Å²) in [6, 6.07) is 7.05. The summed E-state index contributed by atoms with van der Waals surface area (Å²) >= 11 is 0. The quantitative estimate of drug-likeness (QED) is 0.799. The summed E-state index contributed by atoms with van der Waals surface area (Å²) in [7, 11) is 0. The van der Waals surface area contributed by atoms with Crippen LogP contribution in [0.2, 0.25) is 0 Å². The Balaban J connectivity index is 2.05. The highest BCUT2D eigenvalue weighted by Gasteiger charge is 2.34. The third kappa shape index (κ3) is 4.37. The average Bonchev–Trinajstić information content (AvgIpc) is 2.88. The van der Waals surface area contributed by atoms with Crippen molar-refractivity contribution < 1.29 is 14.6 Å². The minimum absolute atomic E-state index is 0.0272. The topological polar surface area (TPSA) is 70.6 Å². The monoisotopic (exact) mass is 306 g/mol. The van der Waals surface area contributed by atoms with E-state index in [1.807, 2.05) is 39.0 Å². The molecule has 22 heavy (non-hydrogen) atoms. The van der Waals surface area contributed by atoms with Gasteiger partial charge in [0.15, 0.2) is 0 Å². The molecule has 0 atom stereocenters. The molecule has 3 N–H and O–H groups in total. The summed E-state index contributed by atoms with van der Waals surface area (Å²) in [4.78, 5) is 12.3. The van der Waals surface area contributed by atoms with Gasteiger partial charge in [0.25, 0.3) is 0 Å². The fourth-order valence-corrected chi connectivity index (χ4v) is 2.76. The van der Waals surface area contributed by atoms with E-state index in [1.54, 1.807) is 6.07 Å². The molecule has 0 unspecified atom stereocenters. The predicted molar refractivity (Wildman–Crippen MR) is 87.3 cm³/mol. The molecule has 1 fully saturated rings. The zero-order valence-corrected chi connectivity index (χ0v) is 13.6. The number of rotatable bonds is 4. The number of ether oxygens (including phenoxy) is 1. The Kier molecular flexibility index (Phi) is 4.96. The Labute approximate surface area is 132 Å². The minimum Gasteiger partial charge on any atom is -0.486 e. The van der Waals surface area contributed by atoms with Crippen LogP contribution in [-0.2, 0) is 0 Å². The van der Waals surface area contributed by atoms with Crippen LogP contribution in [-0.4, -0.2) is 28.9 Å². The number of para-hydroxylation sites is 2. The number of anilines is 1. The molecule has 0 radical (unpaired) electrons. The molecule has 1 saturated carbocycles. The molecule has 0 aliphatic heterocycles. The first-order valence-corrected chi connectivity index (χ1v) is 7.82. The van der Waals surface area contributed by atoms with Crippen LogP contribution in [0.4, 0.5) is 10.5 Å². The lowest BCUT2D eigenvalue weighted by Crippen LogP contribution is -2.50. The normalized spacial score (nSPS) is 17.1. The molecule has 1 aromatic carbocycles. The molecule has 0 aromatic heterocycles. The number of amides is 2. The number of nitrogens with one attached hydrogen (secondary N) is 2. The maximum atomic E-state index is 12.3. The van der Waals surface area contributed by atoms with E-state index in [1.165, 1.54) is 0 Å². The van der Waals surface area contributed by atoms with Crippen LogP contribution < -0.4 is 15.4 Å². The van der Waals surface area contributed by atoms with Crippen molar-refractivity contribution in [2.24, 2.45) is 0 Å². The third-order valence-corrected chi connectivity index (χ3v) is 3.79. The number of carbonyl (C=O) groups is 1. The maximum absolute atomic E-state index is 12.3. The predicted octanol–water partition coefficient (Wildman–Crippen LogP) is 3.29. The van der Waals surface area contributed by atoms with E-state index in [2.05, 4.69) is 10.6 Å².